The van der Waals surface area contributed by atoms with Crippen molar-refractivity contribution < 1.29 is 52.9 Å². The second kappa shape index (κ2) is 23.0. The number of thiocarbonyl (C=S) groups is 1. The number of rotatable bonds is 12. The monoisotopic (exact) mass is 741 g/mol. The maximum atomic E-state index is 10.5. The number of isothiocyanates is 1. The smallest absolute Gasteiger partial charge is 0.753 e. The van der Waals surface area contributed by atoms with Crippen LogP contribution in [0.2, 0.25) is 0 Å². The zero-order valence-electron chi connectivity index (χ0n) is 23.4. The van der Waals surface area contributed by atoms with Crippen LogP contribution in [0, 0.1) is 0 Å². The predicted molar refractivity (Wildman–Crippen MR) is 171 cm³/mol. The number of hydrogen-bond donors (Lipinski definition) is 0. The van der Waals surface area contributed by atoms with E-state index >= 15 is 0 Å². The third-order valence-corrected chi connectivity index (χ3v) is 5.21. The van der Waals surface area contributed by atoms with Crippen molar-refractivity contribution in [2.45, 2.75) is 0 Å². The molecule has 0 aliphatic carbocycles. The molecular formula is C31H21N5O7RuS2. The largest absolute Gasteiger partial charge is 2.00 e. The van der Waals surface area contributed by atoms with Crippen LogP contribution in [0.4, 0.5) is 0 Å². The van der Waals surface area contributed by atoms with Crippen LogP contribution >= 0.6 is 12.2 Å². The molecule has 0 unspecified atom stereocenters. The summed E-state index contributed by atoms with van der Waals surface area (Å²) in [6, 6.07) is 15.6. The SMILES string of the molecule is O=C([S-])c1ccccn1.O=CO/C=C/c1ccnc(-c2cc(/C=C/OC=O)cc(-c3cc(/C=C/OC=O)ccn3)n2)c1.[N-]=C=S.[Ru+2]. The minimum Gasteiger partial charge on any atom is -0.753 e. The number of carbonyl (C=O) groups excluding carboxylic acids is 4. The fourth-order valence-corrected chi connectivity index (χ4v) is 3.35. The molecule has 12 nitrogen and oxygen atoms in total. The molecule has 0 aliphatic heterocycles. The van der Waals surface area contributed by atoms with Crippen molar-refractivity contribution in [2.75, 3.05) is 0 Å². The van der Waals surface area contributed by atoms with Crippen LogP contribution in [0.5, 0.6) is 0 Å². The van der Waals surface area contributed by atoms with Gasteiger partial charge in [-0.2, -0.15) is 5.16 Å². The van der Waals surface area contributed by atoms with Crippen LogP contribution in [0.3, 0.4) is 0 Å². The number of hydrogen-bond acceptors (Lipinski definition) is 13. The Kier molecular flexibility index (Phi) is 19.3. The van der Waals surface area contributed by atoms with E-state index in [1.54, 1.807) is 91.4 Å². The van der Waals surface area contributed by atoms with Gasteiger partial charge in [0.2, 0.25) is 0 Å². The summed E-state index contributed by atoms with van der Waals surface area (Å²) in [4.78, 5) is 58.7. The first kappa shape index (κ1) is 38.6. The molecule has 0 bridgehead atoms. The van der Waals surface area contributed by atoms with Crippen molar-refractivity contribution in [3.05, 3.63) is 120 Å². The van der Waals surface area contributed by atoms with E-state index in [2.05, 4.69) is 59.0 Å². The first-order valence-electron chi connectivity index (χ1n) is 12.3. The average molecular weight is 741 g/mol. The van der Waals surface area contributed by atoms with Gasteiger partial charge < -0.3 is 37.0 Å². The van der Waals surface area contributed by atoms with Crippen LogP contribution in [0.25, 0.3) is 46.4 Å². The maximum Gasteiger partial charge on any atom is 2.00 e. The molecule has 4 aromatic rings. The quantitative estimate of drug-likeness (QED) is 0.0360. The number of ether oxygens (including phenoxy) is 3. The summed E-state index contributed by atoms with van der Waals surface area (Å²) in [5.74, 6) is 0. The van der Waals surface area contributed by atoms with Gasteiger partial charge in [0.25, 0.3) is 19.4 Å². The molecule has 4 rings (SSSR count). The summed E-state index contributed by atoms with van der Waals surface area (Å²) in [6.07, 6.45) is 13.4. The van der Waals surface area contributed by atoms with E-state index in [-0.39, 0.29) is 19.5 Å². The average Bonchev–Trinajstić information content (AvgIpc) is 3.06. The predicted octanol–water partition coefficient (Wildman–Crippen LogP) is 5.06. The van der Waals surface area contributed by atoms with Gasteiger partial charge in [0, 0.05) is 18.6 Å². The van der Waals surface area contributed by atoms with E-state index < -0.39 is 5.12 Å². The Balaban J connectivity index is 0.000000686. The zero-order valence-corrected chi connectivity index (χ0v) is 26.8. The number of pyridine rings is 4. The van der Waals surface area contributed by atoms with E-state index in [9.17, 15) is 19.2 Å². The van der Waals surface area contributed by atoms with Gasteiger partial charge in [-0.3, -0.25) is 29.3 Å². The molecule has 15 heteroatoms. The Labute approximate surface area is 287 Å². The molecule has 0 aliphatic rings. The van der Waals surface area contributed by atoms with Crippen LogP contribution in [-0.4, -0.2) is 49.6 Å². The Morgan fingerprint density at radius 3 is 1.50 bits per heavy atom. The van der Waals surface area contributed by atoms with Gasteiger partial charge in [-0.25, -0.2) is 4.98 Å². The molecule has 4 heterocycles. The van der Waals surface area contributed by atoms with Crippen LogP contribution in [0.1, 0.15) is 27.2 Å². The minimum atomic E-state index is -0.407. The molecule has 0 radical (unpaired) electrons. The molecule has 0 N–H and O–H groups in total. The van der Waals surface area contributed by atoms with Crippen molar-refractivity contribution in [1.29, 1.82) is 0 Å². The van der Waals surface area contributed by atoms with Gasteiger partial charge in [-0.1, -0.05) is 18.3 Å². The summed E-state index contributed by atoms with van der Waals surface area (Å²) >= 11 is 8.04. The Morgan fingerprint density at radius 2 is 1.13 bits per heavy atom. The van der Waals surface area contributed by atoms with Gasteiger partial charge in [-0.05, 0) is 83.4 Å². The molecule has 46 heavy (non-hydrogen) atoms. The normalized spacial score (nSPS) is 9.83. The minimum absolute atomic E-state index is 0. The van der Waals surface area contributed by atoms with Crippen LogP contribution in [0.15, 0.2) is 92.0 Å². The fourth-order valence-electron chi connectivity index (χ4n) is 3.22. The molecule has 232 valence electrons. The third-order valence-electron chi connectivity index (χ3n) is 5.00. The second-order valence-electron chi connectivity index (χ2n) is 7.82. The van der Waals surface area contributed by atoms with E-state index in [4.69, 9.17) is 5.41 Å². The summed E-state index contributed by atoms with van der Waals surface area (Å²) in [5.41, 5.74) is 4.72. The first-order chi connectivity index (χ1) is 21.9. The standard InChI is InChI=1S/C24H17N3O6.C6H5NOS.CNS.Ru/c28-15-31-8-3-18-1-6-25-21(11-18)23-13-20(5-10-33-17-30)14-24(27-23)22-12-19(2-7-26-22)4-9-32-16-29;8-6(9)5-3-1-2-4-7-5;2-1-3;/h1-17H;1-4H,(H,8,9);;/q;;-1;+2/p-1/b8-3+,9-4+,10-5+;;;. The van der Waals surface area contributed by atoms with Crippen molar-refractivity contribution in [3.8, 4) is 22.8 Å². The van der Waals surface area contributed by atoms with Crippen molar-refractivity contribution in [3.63, 3.8) is 0 Å². The van der Waals surface area contributed by atoms with Gasteiger partial charge in [0.15, 0.2) is 0 Å². The summed E-state index contributed by atoms with van der Waals surface area (Å²) in [7, 11) is 0. The summed E-state index contributed by atoms with van der Waals surface area (Å²) in [6.45, 7) is 0.965. The van der Waals surface area contributed by atoms with E-state index in [0.717, 1.165) is 11.1 Å². The summed E-state index contributed by atoms with van der Waals surface area (Å²) < 4.78 is 13.8. The third kappa shape index (κ3) is 14.3. The topological polar surface area (TPSA) is 170 Å². The molecule has 0 spiro atoms. The Morgan fingerprint density at radius 1 is 0.696 bits per heavy atom. The van der Waals surface area contributed by atoms with Crippen LogP contribution < -0.4 is 0 Å². The molecule has 0 saturated heterocycles. The number of carbonyl (C=O) groups is 4. The van der Waals surface area contributed by atoms with E-state index in [0.29, 0.717) is 53.4 Å². The molecule has 0 aromatic carbocycles. The molecule has 0 amide bonds. The fraction of sp³-hybridized carbons (Fsp3) is 0. The zero-order chi connectivity index (χ0) is 32.7. The van der Waals surface area contributed by atoms with Crippen molar-refractivity contribution in [2.24, 2.45) is 0 Å². The van der Waals surface area contributed by atoms with E-state index in [1.165, 1.54) is 23.9 Å². The molecule has 0 saturated carbocycles. The van der Waals surface area contributed by atoms with Gasteiger partial charge in [0.05, 0.1) is 52.4 Å². The van der Waals surface area contributed by atoms with E-state index in [1.807, 2.05) is 0 Å². The Bertz CT molecular complexity index is 1630. The molecule has 0 fully saturated rings. The maximum absolute atomic E-state index is 10.5. The molecular weight excluding hydrogens is 720 g/mol. The molecule has 4 aromatic heterocycles. The summed E-state index contributed by atoms with van der Waals surface area (Å²) in [5, 5.41) is 8.06. The van der Waals surface area contributed by atoms with Crippen molar-refractivity contribution >= 4 is 72.8 Å². The Hall–Kier alpha value is -5.46. The number of nitrogens with zero attached hydrogens (tertiary/aromatic N) is 5. The molecule has 0 atom stereocenters. The second-order valence-corrected chi connectivity index (χ2v) is 8.37. The van der Waals surface area contributed by atoms with Crippen molar-refractivity contribution in [1.82, 2.24) is 19.9 Å². The number of aromatic nitrogens is 4. The van der Waals surface area contributed by atoms with Gasteiger partial charge in [0.1, 0.15) is 0 Å². The van der Waals surface area contributed by atoms with Crippen LogP contribution in [-0.2, 0) is 60.7 Å². The van der Waals surface area contributed by atoms with Gasteiger partial charge in [-0.15, -0.1) is 0 Å². The van der Waals surface area contributed by atoms with Gasteiger partial charge >= 0.3 is 19.5 Å². The first-order valence-corrected chi connectivity index (χ1v) is 13.1.